The van der Waals surface area contributed by atoms with Crippen molar-refractivity contribution >= 4 is 17.2 Å². The molecule has 2 aromatic rings. The lowest BCUT2D eigenvalue weighted by atomic mass is 10.0. The summed E-state index contributed by atoms with van der Waals surface area (Å²) in [5.41, 5.74) is 3.33. The van der Waals surface area contributed by atoms with Gasteiger partial charge in [0, 0.05) is 5.02 Å². The predicted octanol–water partition coefficient (Wildman–Crippen LogP) is 5.02. The first-order valence-corrected chi connectivity index (χ1v) is 8.55. The second-order valence-electron chi connectivity index (χ2n) is 6.02. The lowest BCUT2D eigenvalue weighted by Gasteiger charge is -2.21. The molecule has 0 bridgehead atoms. The zero-order chi connectivity index (χ0) is 17.2. The third kappa shape index (κ3) is 3.44. The Bertz CT molecular complexity index is 843. The minimum atomic E-state index is 0.129. The van der Waals surface area contributed by atoms with Gasteiger partial charge in [0.1, 0.15) is 0 Å². The smallest absolute Gasteiger partial charge is 0.231 e. The number of benzene rings is 2. The van der Waals surface area contributed by atoms with Crippen molar-refractivity contribution in [2.75, 3.05) is 6.79 Å². The molecule has 0 aliphatic carbocycles. The fraction of sp³-hybridized carbons (Fsp3) is 0.200. The van der Waals surface area contributed by atoms with Crippen molar-refractivity contribution in [2.45, 2.75) is 19.4 Å². The number of fused-ring (bicyclic) bond motifs is 1. The molecule has 0 saturated heterocycles. The SMILES string of the molecule is C[C@H](NC1=CCC(c2ccc3c(c2)OCO3)=CO1)c1ccc(Cl)cc1. The molecule has 0 unspecified atom stereocenters. The van der Waals surface area contributed by atoms with Crippen LogP contribution in [0, 0.1) is 0 Å². The normalized spacial score (nSPS) is 16.6. The summed E-state index contributed by atoms with van der Waals surface area (Å²) in [5, 5.41) is 4.11. The molecular weight excluding hydrogens is 338 g/mol. The van der Waals surface area contributed by atoms with Crippen LogP contribution >= 0.6 is 11.6 Å². The second kappa shape index (κ2) is 6.73. The van der Waals surface area contributed by atoms with Gasteiger partial charge in [-0.1, -0.05) is 29.8 Å². The fourth-order valence-corrected chi connectivity index (χ4v) is 2.98. The Balaban J connectivity index is 1.40. The van der Waals surface area contributed by atoms with Crippen LogP contribution in [-0.4, -0.2) is 6.79 Å². The largest absolute Gasteiger partial charge is 0.454 e. The molecule has 0 saturated carbocycles. The Hall–Kier alpha value is -2.59. The van der Waals surface area contributed by atoms with Gasteiger partial charge in [0.2, 0.25) is 6.79 Å². The Kier molecular flexibility index (Phi) is 4.28. The van der Waals surface area contributed by atoms with Crippen LogP contribution in [0.25, 0.3) is 5.57 Å². The predicted molar refractivity (Wildman–Crippen MR) is 97.3 cm³/mol. The third-order valence-corrected chi connectivity index (χ3v) is 4.56. The number of rotatable bonds is 4. The van der Waals surface area contributed by atoms with Crippen molar-refractivity contribution in [2.24, 2.45) is 0 Å². The van der Waals surface area contributed by atoms with Gasteiger partial charge in [-0.3, -0.25) is 0 Å². The van der Waals surface area contributed by atoms with E-state index in [0.717, 1.165) is 45.5 Å². The van der Waals surface area contributed by atoms with Crippen molar-refractivity contribution in [1.82, 2.24) is 5.32 Å². The van der Waals surface area contributed by atoms with E-state index in [9.17, 15) is 0 Å². The fourth-order valence-electron chi connectivity index (χ4n) is 2.86. The van der Waals surface area contributed by atoms with Crippen molar-refractivity contribution in [3.05, 3.63) is 76.8 Å². The first kappa shape index (κ1) is 15.9. The molecule has 128 valence electrons. The molecule has 0 fully saturated rings. The van der Waals surface area contributed by atoms with E-state index in [-0.39, 0.29) is 12.8 Å². The minimum Gasteiger partial charge on any atom is -0.454 e. The van der Waals surface area contributed by atoms with Crippen molar-refractivity contribution in [3.8, 4) is 11.5 Å². The highest BCUT2D eigenvalue weighted by molar-refractivity contribution is 6.30. The number of hydrogen-bond donors (Lipinski definition) is 1. The molecule has 2 heterocycles. The van der Waals surface area contributed by atoms with Gasteiger partial charge in [0.15, 0.2) is 17.4 Å². The van der Waals surface area contributed by atoms with E-state index >= 15 is 0 Å². The van der Waals surface area contributed by atoms with Crippen LogP contribution in [-0.2, 0) is 4.74 Å². The topological polar surface area (TPSA) is 39.7 Å². The highest BCUT2D eigenvalue weighted by Gasteiger charge is 2.17. The Morgan fingerprint density at radius 3 is 2.60 bits per heavy atom. The highest BCUT2D eigenvalue weighted by Crippen LogP contribution is 2.36. The average molecular weight is 356 g/mol. The molecule has 2 aromatic carbocycles. The monoisotopic (exact) mass is 355 g/mol. The van der Waals surface area contributed by atoms with Crippen molar-refractivity contribution in [3.63, 3.8) is 0 Å². The summed E-state index contributed by atoms with van der Waals surface area (Å²) in [6.45, 7) is 2.37. The lowest BCUT2D eigenvalue weighted by molar-refractivity contribution is 0.174. The van der Waals surface area contributed by atoms with Crippen LogP contribution < -0.4 is 14.8 Å². The third-order valence-electron chi connectivity index (χ3n) is 4.31. The molecule has 0 amide bonds. The van der Waals surface area contributed by atoms with E-state index in [1.165, 1.54) is 0 Å². The lowest BCUT2D eigenvalue weighted by Crippen LogP contribution is -2.20. The Morgan fingerprint density at radius 1 is 1.04 bits per heavy atom. The molecule has 4 nitrogen and oxygen atoms in total. The molecule has 1 atom stereocenters. The molecule has 0 aromatic heterocycles. The number of halogens is 1. The van der Waals surface area contributed by atoms with Crippen LogP contribution in [0.1, 0.15) is 30.5 Å². The summed E-state index contributed by atoms with van der Waals surface area (Å²) in [4.78, 5) is 0. The second-order valence-corrected chi connectivity index (χ2v) is 6.46. The summed E-state index contributed by atoms with van der Waals surface area (Å²) in [6.07, 6.45) is 4.62. The van der Waals surface area contributed by atoms with Gasteiger partial charge in [-0.15, -0.1) is 0 Å². The molecule has 4 rings (SSSR count). The van der Waals surface area contributed by atoms with Crippen LogP contribution in [0.2, 0.25) is 5.02 Å². The average Bonchev–Trinajstić information content (AvgIpc) is 3.10. The molecule has 5 heteroatoms. The molecule has 0 spiro atoms. The number of nitrogens with one attached hydrogen (secondary N) is 1. The molecule has 25 heavy (non-hydrogen) atoms. The van der Waals surface area contributed by atoms with Gasteiger partial charge in [0.25, 0.3) is 0 Å². The summed E-state index contributed by atoms with van der Waals surface area (Å²) in [6, 6.07) is 13.9. The molecule has 2 aliphatic rings. The maximum absolute atomic E-state index is 5.94. The van der Waals surface area contributed by atoms with Gasteiger partial charge < -0.3 is 19.5 Å². The van der Waals surface area contributed by atoms with E-state index in [2.05, 4.69) is 12.2 Å². The van der Waals surface area contributed by atoms with E-state index in [0.29, 0.717) is 0 Å². The number of hydrogen-bond acceptors (Lipinski definition) is 4. The highest BCUT2D eigenvalue weighted by atomic mass is 35.5. The van der Waals surface area contributed by atoms with E-state index < -0.39 is 0 Å². The quantitative estimate of drug-likeness (QED) is 0.835. The summed E-state index contributed by atoms with van der Waals surface area (Å²) in [7, 11) is 0. The van der Waals surface area contributed by atoms with Gasteiger partial charge in [-0.2, -0.15) is 0 Å². The zero-order valence-electron chi connectivity index (χ0n) is 13.8. The number of allylic oxidation sites excluding steroid dienone is 2. The standard InChI is InChI=1S/C20H18ClNO3/c1-13(14-2-6-17(21)7-3-14)22-20-9-5-16(11-23-20)15-4-8-18-19(10-15)25-12-24-18/h2-4,6-11,13,22H,5,12H2,1H3/t13-/m0/s1. The summed E-state index contributed by atoms with van der Waals surface area (Å²) < 4.78 is 16.6. The summed E-state index contributed by atoms with van der Waals surface area (Å²) in [5.74, 6) is 2.32. The first-order valence-electron chi connectivity index (χ1n) is 8.17. The first-order chi connectivity index (χ1) is 12.2. The van der Waals surface area contributed by atoms with Gasteiger partial charge >= 0.3 is 0 Å². The van der Waals surface area contributed by atoms with Crippen LogP contribution in [0.5, 0.6) is 11.5 Å². The van der Waals surface area contributed by atoms with Gasteiger partial charge in [-0.25, -0.2) is 0 Å². The zero-order valence-corrected chi connectivity index (χ0v) is 14.5. The van der Waals surface area contributed by atoms with Crippen molar-refractivity contribution in [1.29, 1.82) is 0 Å². The van der Waals surface area contributed by atoms with E-state index in [1.54, 1.807) is 6.26 Å². The van der Waals surface area contributed by atoms with Crippen molar-refractivity contribution < 1.29 is 14.2 Å². The van der Waals surface area contributed by atoms with Crippen LogP contribution in [0.3, 0.4) is 0 Å². The number of ether oxygens (including phenoxy) is 3. The van der Waals surface area contributed by atoms with Gasteiger partial charge in [0.05, 0.1) is 12.3 Å². The van der Waals surface area contributed by atoms with Crippen LogP contribution in [0.4, 0.5) is 0 Å². The molecule has 0 radical (unpaired) electrons. The maximum atomic E-state index is 5.94. The Morgan fingerprint density at radius 2 is 1.84 bits per heavy atom. The van der Waals surface area contributed by atoms with Gasteiger partial charge in [-0.05, 0) is 60.4 Å². The Labute approximate surface area is 151 Å². The maximum Gasteiger partial charge on any atom is 0.231 e. The molecule has 1 N–H and O–H groups in total. The minimum absolute atomic E-state index is 0.129. The summed E-state index contributed by atoms with van der Waals surface area (Å²) >= 11 is 5.94. The molecule has 2 aliphatic heterocycles. The van der Waals surface area contributed by atoms with E-state index in [1.807, 2.05) is 48.5 Å². The molecular formula is C20H18ClNO3. The van der Waals surface area contributed by atoms with Crippen LogP contribution in [0.15, 0.2) is 60.7 Å². The van der Waals surface area contributed by atoms with E-state index in [4.69, 9.17) is 25.8 Å².